The standard InChI is InChI=1S/C8H19N3O2/c1-7(8(9)11-13)6-10-4-2-3-5-12/h7,10,12-13H,2-6H2,1H3,(H2,9,11). The van der Waals surface area contributed by atoms with E-state index in [9.17, 15) is 0 Å². The van der Waals surface area contributed by atoms with Crippen LogP contribution >= 0.6 is 0 Å². The number of hydrogen-bond donors (Lipinski definition) is 4. The van der Waals surface area contributed by atoms with Gasteiger partial charge in [0.05, 0.1) is 0 Å². The van der Waals surface area contributed by atoms with Gasteiger partial charge >= 0.3 is 0 Å². The van der Waals surface area contributed by atoms with Crippen molar-refractivity contribution in [3.8, 4) is 0 Å². The number of nitrogens with zero attached hydrogens (tertiary/aromatic N) is 1. The predicted molar refractivity (Wildman–Crippen MR) is 51.8 cm³/mol. The summed E-state index contributed by atoms with van der Waals surface area (Å²) in [5.41, 5.74) is 5.38. The van der Waals surface area contributed by atoms with Crippen LogP contribution in [0.3, 0.4) is 0 Å². The minimum absolute atomic E-state index is 0.0409. The first-order chi connectivity index (χ1) is 6.22. The number of hydrogen-bond acceptors (Lipinski definition) is 4. The topological polar surface area (TPSA) is 90.9 Å². The van der Waals surface area contributed by atoms with Crippen LogP contribution in [0, 0.1) is 5.92 Å². The van der Waals surface area contributed by atoms with E-state index in [1.165, 1.54) is 0 Å². The largest absolute Gasteiger partial charge is 0.409 e. The highest BCUT2D eigenvalue weighted by molar-refractivity contribution is 5.82. The summed E-state index contributed by atoms with van der Waals surface area (Å²) in [6.45, 7) is 3.66. The lowest BCUT2D eigenvalue weighted by molar-refractivity contribution is 0.283. The average molecular weight is 189 g/mol. The summed E-state index contributed by atoms with van der Waals surface area (Å²) in [4.78, 5) is 0. The molecule has 0 amide bonds. The van der Waals surface area contributed by atoms with E-state index in [-0.39, 0.29) is 18.4 Å². The maximum Gasteiger partial charge on any atom is 0.143 e. The Balaban J connectivity index is 3.32. The number of aliphatic hydroxyl groups excluding tert-OH is 1. The third-order valence-corrected chi connectivity index (χ3v) is 1.83. The SMILES string of the molecule is CC(CNCCCCO)C(N)=NO. The minimum atomic E-state index is 0.0409. The van der Waals surface area contributed by atoms with Crippen LogP contribution in [0.25, 0.3) is 0 Å². The highest BCUT2D eigenvalue weighted by atomic mass is 16.4. The van der Waals surface area contributed by atoms with Gasteiger partial charge in [0, 0.05) is 19.1 Å². The van der Waals surface area contributed by atoms with Crippen LogP contribution in [-0.2, 0) is 0 Å². The third kappa shape index (κ3) is 6.36. The number of oxime groups is 1. The van der Waals surface area contributed by atoms with E-state index in [1.54, 1.807) is 0 Å². The summed E-state index contributed by atoms with van der Waals surface area (Å²) < 4.78 is 0. The molecule has 1 atom stereocenters. The van der Waals surface area contributed by atoms with Crippen LogP contribution in [0.2, 0.25) is 0 Å². The molecule has 0 radical (unpaired) electrons. The molecule has 0 aliphatic heterocycles. The van der Waals surface area contributed by atoms with E-state index in [0.29, 0.717) is 6.54 Å². The molecule has 13 heavy (non-hydrogen) atoms. The van der Waals surface area contributed by atoms with E-state index in [4.69, 9.17) is 16.0 Å². The zero-order chi connectivity index (χ0) is 10.1. The molecule has 78 valence electrons. The van der Waals surface area contributed by atoms with Crippen molar-refractivity contribution in [1.29, 1.82) is 0 Å². The van der Waals surface area contributed by atoms with Gasteiger partial charge in [0.2, 0.25) is 0 Å². The molecule has 0 spiro atoms. The molecular formula is C8H19N3O2. The molecule has 0 bridgehead atoms. The molecule has 0 heterocycles. The van der Waals surface area contributed by atoms with Gasteiger partial charge in [-0.05, 0) is 19.4 Å². The van der Waals surface area contributed by atoms with Gasteiger partial charge in [-0.3, -0.25) is 0 Å². The van der Waals surface area contributed by atoms with Crippen LogP contribution in [0.4, 0.5) is 0 Å². The number of amidine groups is 1. The number of aliphatic hydroxyl groups is 1. The number of nitrogens with two attached hydrogens (primary N) is 1. The van der Waals surface area contributed by atoms with E-state index in [2.05, 4.69) is 10.5 Å². The van der Waals surface area contributed by atoms with Gasteiger partial charge in [-0.25, -0.2) is 0 Å². The fourth-order valence-electron chi connectivity index (χ4n) is 0.884. The fourth-order valence-corrected chi connectivity index (χ4v) is 0.884. The Hall–Kier alpha value is -0.810. The molecule has 5 N–H and O–H groups in total. The van der Waals surface area contributed by atoms with Crippen LogP contribution < -0.4 is 11.1 Å². The number of nitrogens with one attached hydrogen (secondary N) is 1. The summed E-state index contributed by atoms with van der Waals surface area (Å²) in [6.07, 6.45) is 1.75. The van der Waals surface area contributed by atoms with Gasteiger partial charge in [-0.2, -0.15) is 0 Å². The Morgan fingerprint density at radius 1 is 1.54 bits per heavy atom. The van der Waals surface area contributed by atoms with Crippen molar-refractivity contribution in [2.75, 3.05) is 19.7 Å². The monoisotopic (exact) mass is 189 g/mol. The first kappa shape index (κ1) is 12.2. The summed E-state index contributed by atoms with van der Waals surface area (Å²) in [6, 6.07) is 0. The molecule has 0 aliphatic carbocycles. The van der Waals surface area contributed by atoms with E-state index in [0.717, 1.165) is 19.4 Å². The minimum Gasteiger partial charge on any atom is -0.409 e. The molecule has 5 heteroatoms. The van der Waals surface area contributed by atoms with Crippen molar-refractivity contribution < 1.29 is 10.3 Å². The van der Waals surface area contributed by atoms with Gasteiger partial charge in [-0.15, -0.1) is 0 Å². The first-order valence-corrected chi connectivity index (χ1v) is 4.51. The number of rotatable bonds is 7. The zero-order valence-electron chi connectivity index (χ0n) is 8.03. The summed E-state index contributed by atoms with van der Waals surface area (Å²) in [7, 11) is 0. The summed E-state index contributed by atoms with van der Waals surface area (Å²) in [5, 5.41) is 22.9. The Morgan fingerprint density at radius 3 is 2.77 bits per heavy atom. The van der Waals surface area contributed by atoms with Gasteiger partial charge in [0.1, 0.15) is 5.84 Å². The van der Waals surface area contributed by atoms with Gasteiger partial charge < -0.3 is 21.4 Å². The summed E-state index contributed by atoms with van der Waals surface area (Å²) in [5.74, 6) is 0.286. The van der Waals surface area contributed by atoms with E-state index < -0.39 is 0 Å². The second-order valence-corrected chi connectivity index (χ2v) is 3.06. The second-order valence-electron chi connectivity index (χ2n) is 3.06. The smallest absolute Gasteiger partial charge is 0.143 e. The lowest BCUT2D eigenvalue weighted by Crippen LogP contribution is -2.31. The van der Waals surface area contributed by atoms with Crippen molar-refractivity contribution in [1.82, 2.24) is 5.32 Å². The molecule has 5 nitrogen and oxygen atoms in total. The molecule has 0 aromatic heterocycles. The van der Waals surface area contributed by atoms with Crippen molar-refractivity contribution in [3.05, 3.63) is 0 Å². The molecular weight excluding hydrogens is 170 g/mol. The van der Waals surface area contributed by atoms with Gasteiger partial charge in [0.25, 0.3) is 0 Å². The first-order valence-electron chi connectivity index (χ1n) is 4.51. The molecule has 0 fully saturated rings. The average Bonchev–Trinajstić information content (AvgIpc) is 2.16. The van der Waals surface area contributed by atoms with Crippen LogP contribution in [-0.4, -0.2) is 35.8 Å². The summed E-state index contributed by atoms with van der Waals surface area (Å²) >= 11 is 0. The molecule has 0 saturated heterocycles. The normalized spacial score (nSPS) is 14.5. The maximum absolute atomic E-state index is 8.50. The van der Waals surface area contributed by atoms with Crippen molar-refractivity contribution >= 4 is 5.84 Å². The molecule has 0 rings (SSSR count). The quantitative estimate of drug-likeness (QED) is 0.146. The van der Waals surface area contributed by atoms with Crippen molar-refractivity contribution in [2.24, 2.45) is 16.8 Å². The van der Waals surface area contributed by atoms with Crippen molar-refractivity contribution in [2.45, 2.75) is 19.8 Å². The van der Waals surface area contributed by atoms with E-state index >= 15 is 0 Å². The second kappa shape index (κ2) is 7.82. The van der Waals surface area contributed by atoms with Crippen LogP contribution in [0.15, 0.2) is 5.16 Å². The molecule has 0 saturated carbocycles. The predicted octanol–water partition coefficient (Wildman–Crippen LogP) is -0.269. The number of unbranched alkanes of at least 4 members (excludes halogenated alkanes) is 1. The van der Waals surface area contributed by atoms with E-state index in [1.807, 2.05) is 6.92 Å². The highest BCUT2D eigenvalue weighted by Crippen LogP contribution is 1.92. The van der Waals surface area contributed by atoms with Gasteiger partial charge in [-0.1, -0.05) is 12.1 Å². The molecule has 0 aliphatic rings. The van der Waals surface area contributed by atoms with Crippen molar-refractivity contribution in [3.63, 3.8) is 0 Å². The Kier molecular flexibility index (Phi) is 7.33. The molecule has 0 aromatic carbocycles. The third-order valence-electron chi connectivity index (χ3n) is 1.83. The lowest BCUT2D eigenvalue weighted by atomic mass is 10.1. The van der Waals surface area contributed by atoms with Gasteiger partial charge in [0.15, 0.2) is 0 Å². The Bertz CT molecular complexity index is 150. The highest BCUT2D eigenvalue weighted by Gasteiger charge is 2.05. The molecule has 0 aromatic rings. The maximum atomic E-state index is 8.50. The Morgan fingerprint density at radius 2 is 2.23 bits per heavy atom. The van der Waals surface area contributed by atoms with Crippen LogP contribution in [0.1, 0.15) is 19.8 Å². The lowest BCUT2D eigenvalue weighted by Gasteiger charge is -2.10. The Labute approximate surface area is 78.6 Å². The molecule has 1 unspecified atom stereocenters. The zero-order valence-corrected chi connectivity index (χ0v) is 8.03. The van der Waals surface area contributed by atoms with Crippen LogP contribution in [0.5, 0.6) is 0 Å². The fraction of sp³-hybridized carbons (Fsp3) is 0.875.